The quantitative estimate of drug-likeness (QED) is 0.504. The van der Waals surface area contributed by atoms with Crippen molar-refractivity contribution in [3.63, 3.8) is 0 Å². The number of nitrogens with zero attached hydrogens (tertiary/aromatic N) is 6. The van der Waals surface area contributed by atoms with E-state index in [1.807, 2.05) is 43.3 Å². The summed E-state index contributed by atoms with van der Waals surface area (Å²) in [7, 11) is 0. The van der Waals surface area contributed by atoms with Crippen molar-refractivity contribution >= 4 is 11.6 Å². The molecule has 6 nitrogen and oxygen atoms in total. The van der Waals surface area contributed by atoms with Gasteiger partial charge in [-0.1, -0.05) is 60.7 Å². The zero-order valence-electron chi connectivity index (χ0n) is 17.5. The summed E-state index contributed by atoms with van der Waals surface area (Å²) in [5.74, 6) is 2.75. The molecule has 0 saturated carbocycles. The Kier molecular flexibility index (Phi) is 5.27. The van der Waals surface area contributed by atoms with Gasteiger partial charge in [-0.05, 0) is 6.92 Å². The Bertz CT molecular complexity index is 1160. The molecule has 0 bridgehead atoms. The van der Waals surface area contributed by atoms with Crippen LogP contribution in [0.5, 0.6) is 0 Å². The van der Waals surface area contributed by atoms with Crippen molar-refractivity contribution in [2.75, 3.05) is 36.0 Å². The topological polar surface area (TPSA) is 58.0 Å². The Hall–Kier alpha value is -3.80. The van der Waals surface area contributed by atoms with E-state index in [1.54, 1.807) is 6.33 Å². The fraction of sp³-hybridized carbons (Fsp3) is 0.200. The largest absolute Gasteiger partial charge is 0.353 e. The fourth-order valence-corrected chi connectivity index (χ4v) is 3.92. The number of aryl methyl sites for hydroxylation is 1. The maximum atomic E-state index is 4.71. The maximum absolute atomic E-state index is 4.71. The van der Waals surface area contributed by atoms with Crippen LogP contribution in [0.2, 0.25) is 0 Å². The molecule has 5 rings (SSSR count). The molecular weight excluding hydrogens is 384 g/mol. The molecule has 0 aliphatic carbocycles. The summed E-state index contributed by atoms with van der Waals surface area (Å²) in [4.78, 5) is 23.0. The number of hydrogen-bond acceptors (Lipinski definition) is 6. The molecule has 31 heavy (non-hydrogen) atoms. The smallest absolute Gasteiger partial charge is 0.132 e. The highest BCUT2D eigenvalue weighted by molar-refractivity contribution is 5.64. The van der Waals surface area contributed by atoms with E-state index in [4.69, 9.17) is 4.98 Å². The summed E-state index contributed by atoms with van der Waals surface area (Å²) in [6.45, 7) is 5.49. The van der Waals surface area contributed by atoms with Gasteiger partial charge in [-0.15, -0.1) is 0 Å². The van der Waals surface area contributed by atoms with Crippen LogP contribution in [0.4, 0.5) is 11.6 Å². The molecule has 0 atom stereocenters. The molecule has 2 aromatic heterocycles. The predicted molar refractivity (Wildman–Crippen MR) is 124 cm³/mol. The second-order valence-corrected chi connectivity index (χ2v) is 7.63. The van der Waals surface area contributed by atoms with Gasteiger partial charge in [0, 0.05) is 49.4 Å². The number of hydrogen-bond donors (Lipinski definition) is 0. The van der Waals surface area contributed by atoms with Crippen molar-refractivity contribution in [2.24, 2.45) is 0 Å². The first kappa shape index (κ1) is 19.2. The molecule has 2 aromatic carbocycles. The van der Waals surface area contributed by atoms with Crippen LogP contribution in [0.1, 0.15) is 5.82 Å². The number of anilines is 2. The van der Waals surface area contributed by atoms with Crippen LogP contribution in [0, 0.1) is 6.92 Å². The molecule has 1 saturated heterocycles. The van der Waals surface area contributed by atoms with E-state index in [2.05, 4.69) is 61.1 Å². The second kappa shape index (κ2) is 8.52. The third-order valence-corrected chi connectivity index (χ3v) is 5.54. The van der Waals surface area contributed by atoms with Crippen molar-refractivity contribution in [3.8, 4) is 22.5 Å². The van der Waals surface area contributed by atoms with Crippen LogP contribution in [-0.2, 0) is 0 Å². The normalized spacial score (nSPS) is 14.0. The van der Waals surface area contributed by atoms with E-state index in [9.17, 15) is 0 Å². The van der Waals surface area contributed by atoms with Gasteiger partial charge in [0.15, 0.2) is 0 Å². The summed E-state index contributed by atoms with van der Waals surface area (Å²) in [6, 6.07) is 24.7. The minimum absolute atomic E-state index is 0.794. The van der Waals surface area contributed by atoms with Crippen LogP contribution in [0.15, 0.2) is 79.1 Å². The zero-order chi connectivity index (χ0) is 21.0. The van der Waals surface area contributed by atoms with E-state index in [0.717, 1.165) is 66.2 Å². The van der Waals surface area contributed by atoms with Gasteiger partial charge in [0.2, 0.25) is 0 Å². The lowest BCUT2D eigenvalue weighted by Gasteiger charge is -2.36. The molecule has 0 unspecified atom stereocenters. The molecule has 154 valence electrons. The lowest BCUT2D eigenvalue weighted by molar-refractivity contribution is 0.639. The SMILES string of the molecule is Cc1nc(-c2ccccc2)cc(N2CCN(c3cc(-c4ccccc4)ncn3)CC2)n1. The van der Waals surface area contributed by atoms with Gasteiger partial charge >= 0.3 is 0 Å². The summed E-state index contributed by atoms with van der Waals surface area (Å²) < 4.78 is 0. The number of aromatic nitrogens is 4. The first-order valence-electron chi connectivity index (χ1n) is 10.5. The van der Waals surface area contributed by atoms with Crippen molar-refractivity contribution in [2.45, 2.75) is 6.92 Å². The van der Waals surface area contributed by atoms with Gasteiger partial charge in [-0.3, -0.25) is 0 Å². The summed E-state index contributed by atoms with van der Waals surface area (Å²) in [5, 5.41) is 0. The van der Waals surface area contributed by atoms with Crippen LogP contribution in [0.3, 0.4) is 0 Å². The first-order chi connectivity index (χ1) is 15.3. The third kappa shape index (κ3) is 4.23. The third-order valence-electron chi connectivity index (χ3n) is 5.54. The Labute approximate surface area is 182 Å². The van der Waals surface area contributed by atoms with Gasteiger partial charge in [-0.2, -0.15) is 0 Å². The Morgan fingerprint density at radius 1 is 0.613 bits per heavy atom. The molecular formula is C25H24N6. The van der Waals surface area contributed by atoms with Gasteiger partial charge < -0.3 is 9.80 Å². The Morgan fingerprint density at radius 3 is 1.81 bits per heavy atom. The molecule has 3 heterocycles. The highest BCUT2D eigenvalue weighted by Gasteiger charge is 2.20. The van der Waals surface area contributed by atoms with Crippen molar-refractivity contribution < 1.29 is 0 Å². The van der Waals surface area contributed by atoms with Crippen LogP contribution in [0.25, 0.3) is 22.5 Å². The minimum atomic E-state index is 0.794. The van der Waals surface area contributed by atoms with Gasteiger partial charge in [0.25, 0.3) is 0 Å². The predicted octanol–water partition coefficient (Wildman–Crippen LogP) is 4.24. The van der Waals surface area contributed by atoms with E-state index >= 15 is 0 Å². The van der Waals surface area contributed by atoms with Crippen molar-refractivity contribution in [3.05, 3.63) is 84.9 Å². The first-order valence-corrected chi connectivity index (χ1v) is 10.5. The lowest BCUT2D eigenvalue weighted by Crippen LogP contribution is -2.47. The molecule has 0 N–H and O–H groups in total. The zero-order valence-corrected chi connectivity index (χ0v) is 17.5. The van der Waals surface area contributed by atoms with Crippen LogP contribution >= 0.6 is 0 Å². The molecule has 0 spiro atoms. The second-order valence-electron chi connectivity index (χ2n) is 7.63. The Balaban J connectivity index is 1.32. The number of benzene rings is 2. The van der Waals surface area contributed by atoms with Crippen molar-refractivity contribution in [1.82, 2.24) is 19.9 Å². The van der Waals surface area contributed by atoms with Gasteiger partial charge in [0.1, 0.15) is 23.8 Å². The van der Waals surface area contributed by atoms with Gasteiger partial charge in [0.05, 0.1) is 11.4 Å². The maximum Gasteiger partial charge on any atom is 0.132 e. The molecule has 6 heteroatoms. The molecule has 0 amide bonds. The monoisotopic (exact) mass is 408 g/mol. The summed E-state index contributed by atoms with van der Waals surface area (Å²) in [5.41, 5.74) is 4.14. The highest BCUT2D eigenvalue weighted by Crippen LogP contribution is 2.25. The number of piperazine rings is 1. The van der Waals surface area contributed by atoms with Crippen LogP contribution in [-0.4, -0.2) is 46.1 Å². The van der Waals surface area contributed by atoms with Crippen LogP contribution < -0.4 is 9.80 Å². The Morgan fingerprint density at radius 2 is 1.16 bits per heavy atom. The molecule has 4 aromatic rings. The number of rotatable bonds is 4. The van der Waals surface area contributed by atoms with Gasteiger partial charge in [-0.25, -0.2) is 19.9 Å². The minimum Gasteiger partial charge on any atom is -0.353 e. The summed E-state index contributed by atoms with van der Waals surface area (Å²) >= 11 is 0. The lowest BCUT2D eigenvalue weighted by atomic mass is 10.1. The molecule has 0 radical (unpaired) electrons. The van der Waals surface area contributed by atoms with E-state index in [0.29, 0.717) is 0 Å². The average molecular weight is 409 g/mol. The van der Waals surface area contributed by atoms with E-state index in [1.165, 1.54) is 0 Å². The van der Waals surface area contributed by atoms with Crippen molar-refractivity contribution in [1.29, 1.82) is 0 Å². The highest BCUT2D eigenvalue weighted by atomic mass is 15.3. The molecule has 1 aliphatic heterocycles. The molecule has 1 aliphatic rings. The molecule has 1 fully saturated rings. The van der Waals surface area contributed by atoms with E-state index < -0.39 is 0 Å². The average Bonchev–Trinajstić information content (AvgIpc) is 2.85. The van der Waals surface area contributed by atoms with E-state index in [-0.39, 0.29) is 0 Å². The fourth-order valence-electron chi connectivity index (χ4n) is 3.92. The standard InChI is InChI=1S/C25H24N6/c1-19-28-23(21-10-6-3-7-11-21)17-25(29-19)31-14-12-30(13-15-31)24-16-22(26-18-27-24)20-8-4-2-5-9-20/h2-11,16-18H,12-15H2,1H3. The summed E-state index contributed by atoms with van der Waals surface area (Å²) in [6.07, 6.45) is 1.66.